The van der Waals surface area contributed by atoms with E-state index >= 15 is 0 Å². The van der Waals surface area contributed by atoms with Crippen molar-refractivity contribution in [2.24, 2.45) is 0 Å². The van der Waals surface area contributed by atoms with Crippen LogP contribution in [-0.2, 0) is 0 Å². The summed E-state index contributed by atoms with van der Waals surface area (Å²) in [5.41, 5.74) is 0. The van der Waals surface area contributed by atoms with E-state index in [1.807, 2.05) is 18.8 Å². The van der Waals surface area contributed by atoms with Gasteiger partial charge in [-0.05, 0) is 37.7 Å². The molecule has 0 aromatic heterocycles. The lowest BCUT2D eigenvalue weighted by Crippen LogP contribution is -2.40. The lowest BCUT2D eigenvalue weighted by atomic mass is 10.2. The van der Waals surface area contributed by atoms with Crippen molar-refractivity contribution < 1.29 is 0 Å². The fraction of sp³-hybridized carbons (Fsp3) is 0.889. The Morgan fingerprint density at radius 3 is 2.69 bits per heavy atom. The standard InChI is InChI=1S/C9H18N2S2/c1-10-9(12)11(2)7-4-5-8(6-7)13-3/h7-8H,4-6H2,1-3H3,(H,10,12). The molecule has 2 unspecified atom stereocenters. The van der Waals surface area contributed by atoms with Crippen molar-refractivity contribution >= 4 is 29.1 Å². The Labute approximate surface area is 90.4 Å². The fourth-order valence-electron chi connectivity index (χ4n) is 1.83. The Kier molecular flexibility index (Phi) is 4.32. The Hall–Kier alpha value is 0.0400. The number of nitrogens with zero attached hydrogens (tertiary/aromatic N) is 1. The van der Waals surface area contributed by atoms with Crippen molar-refractivity contribution in [3.63, 3.8) is 0 Å². The number of thiocarbonyl (C=S) groups is 1. The van der Waals surface area contributed by atoms with E-state index in [0.29, 0.717) is 6.04 Å². The van der Waals surface area contributed by atoms with Gasteiger partial charge < -0.3 is 10.2 Å². The molecule has 2 atom stereocenters. The molecule has 76 valence electrons. The molecule has 0 bridgehead atoms. The maximum absolute atomic E-state index is 5.20. The van der Waals surface area contributed by atoms with Gasteiger partial charge in [0.2, 0.25) is 0 Å². The van der Waals surface area contributed by atoms with Crippen molar-refractivity contribution in [2.75, 3.05) is 20.4 Å². The van der Waals surface area contributed by atoms with E-state index in [1.165, 1.54) is 19.3 Å². The number of thioether (sulfide) groups is 1. The minimum atomic E-state index is 0.650. The normalized spacial score (nSPS) is 27.3. The van der Waals surface area contributed by atoms with E-state index in [0.717, 1.165) is 10.4 Å². The minimum Gasteiger partial charge on any atom is -0.366 e. The zero-order valence-electron chi connectivity index (χ0n) is 8.54. The van der Waals surface area contributed by atoms with Gasteiger partial charge in [-0.15, -0.1) is 0 Å². The van der Waals surface area contributed by atoms with E-state index < -0.39 is 0 Å². The lowest BCUT2D eigenvalue weighted by Gasteiger charge is -2.26. The van der Waals surface area contributed by atoms with Crippen LogP contribution < -0.4 is 5.32 Å². The van der Waals surface area contributed by atoms with Gasteiger partial charge in [0, 0.05) is 25.4 Å². The van der Waals surface area contributed by atoms with Crippen molar-refractivity contribution in [1.82, 2.24) is 10.2 Å². The molecule has 1 N–H and O–H groups in total. The average Bonchev–Trinajstić information content (AvgIpc) is 2.63. The minimum absolute atomic E-state index is 0.650. The maximum atomic E-state index is 5.20. The van der Waals surface area contributed by atoms with E-state index in [-0.39, 0.29) is 0 Å². The third-order valence-electron chi connectivity index (χ3n) is 2.77. The van der Waals surface area contributed by atoms with Crippen LogP contribution in [0.4, 0.5) is 0 Å². The highest BCUT2D eigenvalue weighted by Gasteiger charge is 2.27. The van der Waals surface area contributed by atoms with Gasteiger partial charge in [0.05, 0.1) is 0 Å². The van der Waals surface area contributed by atoms with Crippen molar-refractivity contribution in [2.45, 2.75) is 30.6 Å². The summed E-state index contributed by atoms with van der Waals surface area (Å²) in [5, 5.41) is 4.73. The van der Waals surface area contributed by atoms with Gasteiger partial charge in [0.15, 0.2) is 5.11 Å². The van der Waals surface area contributed by atoms with Gasteiger partial charge in [-0.1, -0.05) is 0 Å². The van der Waals surface area contributed by atoms with Crippen LogP contribution in [0.15, 0.2) is 0 Å². The highest BCUT2D eigenvalue weighted by molar-refractivity contribution is 7.99. The number of hydrogen-bond acceptors (Lipinski definition) is 2. The average molecular weight is 218 g/mol. The van der Waals surface area contributed by atoms with Gasteiger partial charge >= 0.3 is 0 Å². The second-order valence-electron chi connectivity index (χ2n) is 3.49. The second kappa shape index (κ2) is 5.05. The highest BCUT2D eigenvalue weighted by atomic mass is 32.2. The number of hydrogen-bond donors (Lipinski definition) is 1. The van der Waals surface area contributed by atoms with Crippen LogP contribution in [0.25, 0.3) is 0 Å². The van der Waals surface area contributed by atoms with Crippen LogP contribution in [0.2, 0.25) is 0 Å². The van der Waals surface area contributed by atoms with Crippen LogP contribution in [0.3, 0.4) is 0 Å². The highest BCUT2D eigenvalue weighted by Crippen LogP contribution is 2.30. The number of nitrogens with one attached hydrogen (secondary N) is 1. The van der Waals surface area contributed by atoms with Crippen LogP contribution in [0.5, 0.6) is 0 Å². The summed E-state index contributed by atoms with van der Waals surface area (Å²) in [4.78, 5) is 2.20. The molecule has 2 nitrogen and oxygen atoms in total. The molecule has 0 aromatic rings. The third kappa shape index (κ3) is 2.74. The van der Waals surface area contributed by atoms with Crippen LogP contribution >= 0.6 is 24.0 Å². The predicted octanol–water partition coefficient (Wildman–Crippen LogP) is 1.71. The molecule has 1 aliphatic rings. The van der Waals surface area contributed by atoms with E-state index in [9.17, 15) is 0 Å². The molecular formula is C9H18N2S2. The molecule has 0 spiro atoms. The second-order valence-corrected chi connectivity index (χ2v) is 5.02. The first kappa shape index (κ1) is 11.1. The van der Waals surface area contributed by atoms with Crippen LogP contribution in [0.1, 0.15) is 19.3 Å². The quantitative estimate of drug-likeness (QED) is 0.709. The third-order valence-corrected chi connectivity index (χ3v) is 4.36. The van der Waals surface area contributed by atoms with Crippen molar-refractivity contribution in [3.05, 3.63) is 0 Å². The molecule has 1 aliphatic carbocycles. The predicted molar refractivity (Wildman–Crippen MR) is 64.4 cm³/mol. The molecule has 0 amide bonds. The van der Waals surface area contributed by atoms with Crippen LogP contribution in [-0.4, -0.2) is 41.7 Å². The van der Waals surface area contributed by atoms with Gasteiger partial charge in [0.1, 0.15) is 0 Å². The van der Waals surface area contributed by atoms with E-state index in [4.69, 9.17) is 12.2 Å². The number of rotatable bonds is 2. The summed E-state index contributed by atoms with van der Waals surface area (Å²) in [5.74, 6) is 0. The SMILES string of the molecule is CNC(=S)N(C)C1CCC(SC)C1. The van der Waals surface area contributed by atoms with E-state index in [1.54, 1.807) is 0 Å². The lowest BCUT2D eigenvalue weighted by molar-refractivity contribution is 0.369. The molecule has 4 heteroatoms. The summed E-state index contributed by atoms with van der Waals surface area (Å²) in [7, 11) is 3.98. The molecule has 0 saturated heterocycles. The molecule has 0 aromatic carbocycles. The Morgan fingerprint density at radius 2 is 2.23 bits per heavy atom. The maximum Gasteiger partial charge on any atom is 0.168 e. The molecule has 13 heavy (non-hydrogen) atoms. The Morgan fingerprint density at radius 1 is 1.54 bits per heavy atom. The van der Waals surface area contributed by atoms with Crippen molar-refractivity contribution in [1.29, 1.82) is 0 Å². The zero-order valence-corrected chi connectivity index (χ0v) is 10.2. The first-order valence-corrected chi connectivity index (χ1v) is 6.36. The first-order chi connectivity index (χ1) is 6.19. The molecular weight excluding hydrogens is 200 g/mol. The summed E-state index contributed by atoms with van der Waals surface area (Å²) in [6, 6.07) is 0.650. The van der Waals surface area contributed by atoms with E-state index in [2.05, 4.69) is 23.5 Å². The summed E-state index contributed by atoms with van der Waals surface area (Å²) < 4.78 is 0. The smallest absolute Gasteiger partial charge is 0.168 e. The van der Waals surface area contributed by atoms with Crippen molar-refractivity contribution in [3.8, 4) is 0 Å². The molecule has 1 rings (SSSR count). The molecule has 1 fully saturated rings. The Balaban J connectivity index is 2.41. The largest absolute Gasteiger partial charge is 0.366 e. The topological polar surface area (TPSA) is 15.3 Å². The zero-order chi connectivity index (χ0) is 9.84. The molecule has 0 heterocycles. The van der Waals surface area contributed by atoms with Gasteiger partial charge in [-0.2, -0.15) is 11.8 Å². The van der Waals surface area contributed by atoms with Gasteiger partial charge in [0.25, 0.3) is 0 Å². The van der Waals surface area contributed by atoms with Crippen LogP contribution in [0, 0.1) is 0 Å². The summed E-state index contributed by atoms with van der Waals surface area (Å²) >= 11 is 7.18. The van der Waals surface area contributed by atoms with Gasteiger partial charge in [-0.25, -0.2) is 0 Å². The molecule has 1 saturated carbocycles. The monoisotopic (exact) mass is 218 g/mol. The summed E-state index contributed by atoms with van der Waals surface area (Å²) in [6.45, 7) is 0. The first-order valence-electron chi connectivity index (χ1n) is 4.66. The Bertz CT molecular complexity index is 184. The molecule has 0 radical (unpaired) electrons. The summed E-state index contributed by atoms with van der Waals surface area (Å²) in [6.07, 6.45) is 6.09. The fourth-order valence-corrected chi connectivity index (χ4v) is 2.76. The molecule has 0 aliphatic heterocycles. The van der Waals surface area contributed by atoms with Gasteiger partial charge in [-0.3, -0.25) is 0 Å².